The summed E-state index contributed by atoms with van der Waals surface area (Å²) in [5.74, 6) is -0.870. The summed E-state index contributed by atoms with van der Waals surface area (Å²) in [6.45, 7) is 4.10. The Labute approximate surface area is 151 Å². The molecule has 1 aliphatic carbocycles. The zero-order chi connectivity index (χ0) is 18.8. The molecular weight excluding hydrogens is 334 g/mol. The first-order chi connectivity index (χ1) is 12.4. The molecule has 0 atom stereocenters. The molecule has 6 nitrogen and oxygen atoms in total. The van der Waals surface area contributed by atoms with Crippen LogP contribution in [-0.2, 0) is 27.4 Å². The van der Waals surface area contributed by atoms with E-state index < -0.39 is 11.9 Å². The van der Waals surface area contributed by atoms with Crippen LogP contribution in [0, 0.1) is 6.92 Å². The molecule has 0 bridgehead atoms. The van der Waals surface area contributed by atoms with E-state index in [1.165, 1.54) is 0 Å². The number of nitrogens with zero attached hydrogens (tertiary/aromatic N) is 1. The van der Waals surface area contributed by atoms with E-state index in [2.05, 4.69) is 4.99 Å². The van der Waals surface area contributed by atoms with Crippen LogP contribution in [0.3, 0.4) is 0 Å². The number of hydrogen-bond donors (Lipinski definition) is 1. The first-order valence-corrected chi connectivity index (χ1v) is 8.74. The number of ether oxygens (including phenoxy) is 1. The third-order valence-electron chi connectivity index (χ3n) is 5.09. The first-order valence-electron chi connectivity index (χ1n) is 8.74. The summed E-state index contributed by atoms with van der Waals surface area (Å²) in [5.41, 5.74) is 5.58. The largest absolute Gasteiger partial charge is 0.481 e. The van der Waals surface area contributed by atoms with Crippen molar-refractivity contribution in [2.24, 2.45) is 4.99 Å². The second-order valence-electron chi connectivity index (χ2n) is 6.92. The van der Waals surface area contributed by atoms with E-state index in [0.29, 0.717) is 30.0 Å². The van der Waals surface area contributed by atoms with Crippen LogP contribution in [-0.4, -0.2) is 23.1 Å². The summed E-state index contributed by atoms with van der Waals surface area (Å²) in [5, 5.41) is 8.82. The molecule has 136 valence electrons. The number of aliphatic carboxylic acids is 1. The number of hydrogen-bond acceptors (Lipinski definition) is 5. The number of carbonyl (C=O) groups is 2. The zero-order valence-corrected chi connectivity index (χ0v) is 14.9. The lowest BCUT2D eigenvalue weighted by molar-refractivity contribution is -0.136. The van der Waals surface area contributed by atoms with Crippen molar-refractivity contribution in [1.82, 2.24) is 0 Å². The molecule has 1 fully saturated rings. The van der Waals surface area contributed by atoms with Crippen molar-refractivity contribution < 1.29 is 24.2 Å². The third kappa shape index (κ3) is 3.46. The summed E-state index contributed by atoms with van der Waals surface area (Å²) in [6.07, 6.45) is 6.73. The van der Waals surface area contributed by atoms with Gasteiger partial charge in [-0.05, 0) is 62.1 Å². The minimum atomic E-state index is -0.834. The maximum atomic E-state index is 12.2. The fourth-order valence-corrected chi connectivity index (χ4v) is 3.59. The number of fused-ring (bicyclic) bond motifs is 1. The maximum absolute atomic E-state index is 12.2. The van der Waals surface area contributed by atoms with E-state index in [-0.39, 0.29) is 13.0 Å². The topological polar surface area (TPSA) is 93.0 Å². The van der Waals surface area contributed by atoms with Crippen LogP contribution in [0.1, 0.15) is 71.1 Å². The van der Waals surface area contributed by atoms with Crippen LogP contribution in [0.5, 0.6) is 0 Å². The standard InChI is InChI=1S/C20H21NO5/c1-11(4-8-16(23)24)3-7-14-17(13-5-6-13)12(2)15-9-26-20(25)18(15)19(14)21-10-22/h3,13H,4-9H2,1-2H3,(H,23,24). The quantitative estimate of drug-likeness (QED) is 0.347. The van der Waals surface area contributed by atoms with Gasteiger partial charge in [0.25, 0.3) is 0 Å². The summed E-state index contributed by atoms with van der Waals surface area (Å²) in [4.78, 5) is 37.8. The molecule has 2 aliphatic rings. The highest BCUT2D eigenvalue weighted by atomic mass is 16.5. The van der Waals surface area contributed by atoms with Crippen LogP contribution in [0.4, 0.5) is 5.69 Å². The molecule has 1 aliphatic heterocycles. The molecule has 0 amide bonds. The monoisotopic (exact) mass is 355 g/mol. The number of carboxylic acid groups (broad SMARTS) is 1. The van der Waals surface area contributed by atoms with Crippen LogP contribution in [0.15, 0.2) is 16.6 Å². The summed E-state index contributed by atoms with van der Waals surface area (Å²) in [6, 6.07) is 0. The molecule has 1 aromatic carbocycles. The Morgan fingerprint density at radius 1 is 1.38 bits per heavy atom. The fourth-order valence-electron chi connectivity index (χ4n) is 3.59. The van der Waals surface area contributed by atoms with E-state index in [4.69, 9.17) is 9.84 Å². The number of carboxylic acids is 1. The predicted octanol–water partition coefficient (Wildman–Crippen LogP) is 3.86. The molecule has 26 heavy (non-hydrogen) atoms. The van der Waals surface area contributed by atoms with Gasteiger partial charge in [-0.15, -0.1) is 0 Å². The minimum Gasteiger partial charge on any atom is -0.481 e. The van der Waals surface area contributed by atoms with Gasteiger partial charge < -0.3 is 9.84 Å². The predicted molar refractivity (Wildman–Crippen MR) is 94.4 cm³/mol. The highest BCUT2D eigenvalue weighted by Crippen LogP contribution is 2.49. The number of carbonyl (C=O) groups excluding carboxylic acids is 2. The van der Waals surface area contributed by atoms with Gasteiger partial charge in [-0.3, -0.25) is 4.79 Å². The van der Waals surface area contributed by atoms with Gasteiger partial charge in [-0.1, -0.05) is 11.6 Å². The van der Waals surface area contributed by atoms with Gasteiger partial charge in [0.15, 0.2) is 0 Å². The lowest BCUT2D eigenvalue weighted by Crippen LogP contribution is -2.05. The number of esters is 1. The number of aliphatic imine (C=N–C) groups is 1. The van der Waals surface area contributed by atoms with Gasteiger partial charge in [-0.25, -0.2) is 9.59 Å². The average Bonchev–Trinajstić information content (AvgIpc) is 3.35. The van der Waals surface area contributed by atoms with Crippen molar-refractivity contribution in [3.63, 3.8) is 0 Å². The maximum Gasteiger partial charge on any atom is 0.341 e. The van der Waals surface area contributed by atoms with E-state index in [0.717, 1.165) is 40.7 Å². The molecule has 1 heterocycles. The number of cyclic esters (lactones) is 1. The van der Waals surface area contributed by atoms with E-state index in [1.807, 2.05) is 19.9 Å². The van der Waals surface area contributed by atoms with Crippen molar-refractivity contribution in [2.45, 2.75) is 58.5 Å². The molecule has 0 radical (unpaired) electrons. The van der Waals surface area contributed by atoms with Crippen molar-refractivity contribution in [1.29, 1.82) is 0 Å². The molecule has 1 saturated carbocycles. The van der Waals surface area contributed by atoms with Gasteiger partial charge in [0.2, 0.25) is 6.08 Å². The molecule has 1 N–H and O–H groups in total. The van der Waals surface area contributed by atoms with Gasteiger partial charge in [-0.2, -0.15) is 4.99 Å². The Bertz CT molecular complexity index is 858. The Morgan fingerprint density at radius 3 is 2.73 bits per heavy atom. The van der Waals surface area contributed by atoms with Gasteiger partial charge in [0.1, 0.15) is 6.61 Å². The molecule has 6 heteroatoms. The summed E-state index contributed by atoms with van der Waals surface area (Å²) >= 11 is 0. The lowest BCUT2D eigenvalue weighted by Gasteiger charge is -2.17. The summed E-state index contributed by atoms with van der Waals surface area (Å²) < 4.78 is 5.18. The van der Waals surface area contributed by atoms with Gasteiger partial charge in [0, 0.05) is 12.0 Å². The normalized spacial score (nSPS) is 16.1. The number of isocyanates is 1. The van der Waals surface area contributed by atoms with Gasteiger partial charge >= 0.3 is 11.9 Å². The van der Waals surface area contributed by atoms with Crippen LogP contribution >= 0.6 is 0 Å². The Kier molecular flexibility index (Phi) is 5.05. The van der Waals surface area contributed by atoms with Crippen molar-refractivity contribution in [2.75, 3.05) is 0 Å². The second kappa shape index (κ2) is 7.26. The Balaban J connectivity index is 2.07. The Hall–Kier alpha value is -2.72. The highest BCUT2D eigenvalue weighted by Gasteiger charge is 2.36. The van der Waals surface area contributed by atoms with Gasteiger partial charge in [0.05, 0.1) is 11.3 Å². The lowest BCUT2D eigenvalue weighted by atomic mass is 9.87. The molecule has 0 spiro atoms. The molecule has 0 unspecified atom stereocenters. The Morgan fingerprint density at radius 2 is 2.12 bits per heavy atom. The van der Waals surface area contributed by atoms with Crippen LogP contribution in [0.25, 0.3) is 0 Å². The molecule has 1 aromatic rings. The molecule has 0 saturated heterocycles. The fraction of sp³-hybridized carbons (Fsp3) is 0.450. The number of rotatable bonds is 7. The first kappa shape index (κ1) is 18.1. The smallest absolute Gasteiger partial charge is 0.341 e. The summed E-state index contributed by atoms with van der Waals surface area (Å²) in [7, 11) is 0. The highest BCUT2D eigenvalue weighted by molar-refractivity contribution is 6.00. The third-order valence-corrected chi connectivity index (χ3v) is 5.09. The average molecular weight is 355 g/mol. The number of benzene rings is 1. The number of allylic oxidation sites excluding steroid dienone is 2. The van der Waals surface area contributed by atoms with Crippen LogP contribution in [0.2, 0.25) is 0 Å². The molecular formula is C20H21NO5. The minimum absolute atomic E-state index is 0.0761. The van der Waals surface area contributed by atoms with E-state index >= 15 is 0 Å². The van der Waals surface area contributed by atoms with E-state index in [1.54, 1.807) is 6.08 Å². The molecule has 3 rings (SSSR count). The van der Waals surface area contributed by atoms with Crippen molar-refractivity contribution in [3.8, 4) is 0 Å². The van der Waals surface area contributed by atoms with Crippen molar-refractivity contribution in [3.05, 3.63) is 39.5 Å². The SMILES string of the molecule is CC(=CCc1c(N=C=O)c2c(c(C)c1C1CC1)COC2=O)CCC(=O)O. The molecule has 0 aromatic heterocycles. The second-order valence-corrected chi connectivity index (χ2v) is 6.92. The zero-order valence-electron chi connectivity index (χ0n) is 14.9. The van der Waals surface area contributed by atoms with E-state index in [9.17, 15) is 14.4 Å². The van der Waals surface area contributed by atoms with Crippen LogP contribution < -0.4 is 0 Å². The van der Waals surface area contributed by atoms with Crippen molar-refractivity contribution >= 4 is 23.7 Å².